The molecular formula is C24H27FN4O3. The number of methoxy groups -OCH3 is 1. The summed E-state index contributed by atoms with van der Waals surface area (Å²) in [6.45, 7) is 9.31. The van der Waals surface area contributed by atoms with E-state index in [-0.39, 0.29) is 18.2 Å². The smallest absolute Gasteiger partial charge is 0.289 e. The molecule has 1 saturated heterocycles. The van der Waals surface area contributed by atoms with Crippen LogP contribution in [-0.4, -0.2) is 58.0 Å². The van der Waals surface area contributed by atoms with Gasteiger partial charge in [0.05, 0.1) is 20.2 Å². The molecule has 0 saturated carbocycles. The monoisotopic (exact) mass is 438 g/mol. The van der Waals surface area contributed by atoms with Crippen LogP contribution in [0.5, 0.6) is 5.75 Å². The van der Waals surface area contributed by atoms with Crippen LogP contribution in [0.2, 0.25) is 0 Å². The fourth-order valence-corrected chi connectivity index (χ4v) is 3.43. The van der Waals surface area contributed by atoms with Crippen LogP contribution in [0.3, 0.4) is 0 Å². The molecule has 1 amide bonds. The van der Waals surface area contributed by atoms with Crippen LogP contribution in [0.4, 0.5) is 4.39 Å². The highest BCUT2D eigenvalue weighted by Crippen LogP contribution is 2.29. The maximum absolute atomic E-state index is 13.1. The number of rotatable bonds is 7. The Hall–Kier alpha value is -3.64. The summed E-state index contributed by atoms with van der Waals surface area (Å²) in [5, 5.41) is 4.32. The number of hydrogen-bond acceptors (Lipinski definition) is 5. The minimum absolute atomic E-state index is 0.213. The summed E-state index contributed by atoms with van der Waals surface area (Å²) >= 11 is 0. The van der Waals surface area contributed by atoms with E-state index >= 15 is 0 Å². The fraction of sp³-hybridized carbons (Fsp3) is 0.333. The molecule has 1 aliphatic rings. The van der Waals surface area contributed by atoms with Crippen molar-refractivity contribution in [2.24, 2.45) is 0 Å². The largest absolute Gasteiger partial charge is 0.494 e. The number of hydrogen-bond donors (Lipinski definition) is 0. The van der Waals surface area contributed by atoms with Crippen molar-refractivity contribution in [2.75, 3.05) is 26.9 Å². The van der Waals surface area contributed by atoms with Gasteiger partial charge >= 0.3 is 0 Å². The van der Waals surface area contributed by atoms with Crippen LogP contribution in [0.25, 0.3) is 11.8 Å². The summed E-state index contributed by atoms with van der Waals surface area (Å²) in [7, 11) is 1.57. The van der Waals surface area contributed by atoms with E-state index in [0.717, 1.165) is 11.3 Å². The molecule has 2 heterocycles. The van der Waals surface area contributed by atoms with Crippen molar-refractivity contribution in [1.82, 2.24) is 19.7 Å². The normalized spacial score (nSPS) is 16.8. The van der Waals surface area contributed by atoms with Gasteiger partial charge in [0.15, 0.2) is 5.76 Å². The first-order valence-corrected chi connectivity index (χ1v) is 10.1. The van der Waals surface area contributed by atoms with Gasteiger partial charge in [-0.3, -0.25) is 4.79 Å². The molecule has 0 spiro atoms. The third kappa shape index (κ3) is 5.34. The minimum atomic E-state index is -0.599. The van der Waals surface area contributed by atoms with Crippen molar-refractivity contribution in [3.05, 3.63) is 71.7 Å². The predicted molar refractivity (Wildman–Crippen MR) is 120 cm³/mol. The first kappa shape index (κ1) is 23.0. The van der Waals surface area contributed by atoms with Crippen LogP contribution in [0.1, 0.15) is 25.2 Å². The minimum Gasteiger partial charge on any atom is -0.494 e. The number of halogens is 1. The zero-order valence-corrected chi connectivity index (χ0v) is 18.8. The van der Waals surface area contributed by atoms with Crippen LogP contribution in [0.15, 0.2) is 60.3 Å². The van der Waals surface area contributed by atoms with E-state index in [9.17, 15) is 9.18 Å². The summed E-state index contributed by atoms with van der Waals surface area (Å²) in [6, 6.07) is 5.50. The van der Waals surface area contributed by atoms with Gasteiger partial charge < -0.3 is 14.4 Å². The van der Waals surface area contributed by atoms with E-state index in [2.05, 4.69) is 22.4 Å². The summed E-state index contributed by atoms with van der Waals surface area (Å²) in [5.74, 6) is 1.18. The maximum atomic E-state index is 13.1. The van der Waals surface area contributed by atoms with E-state index in [4.69, 9.17) is 9.47 Å². The summed E-state index contributed by atoms with van der Waals surface area (Å²) < 4.78 is 25.6. The van der Waals surface area contributed by atoms with Gasteiger partial charge in [-0.05, 0) is 44.5 Å². The SMILES string of the molecule is C=C=C(/C=C\CF)CN1CC(C)(C)O/C(=C\c2ccc(-n3cnc(C)n3)c(OC)c2)C1=O. The first-order valence-electron chi connectivity index (χ1n) is 10.1. The number of morpholine rings is 1. The van der Waals surface area contributed by atoms with E-state index < -0.39 is 12.3 Å². The number of carbonyl (C=O) groups is 1. The Morgan fingerprint density at radius 2 is 2.22 bits per heavy atom. The zero-order chi connectivity index (χ0) is 23.3. The first-order chi connectivity index (χ1) is 15.3. The van der Waals surface area contributed by atoms with Crippen molar-refractivity contribution in [1.29, 1.82) is 0 Å². The van der Waals surface area contributed by atoms with Gasteiger partial charge in [-0.15, -0.1) is 5.73 Å². The van der Waals surface area contributed by atoms with Gasteiger partial charge in [-0.25, -0.2) is 14.1 Å². The van der Waals surface area contributed by atoms with Gasteiger partial charge in [0.25, 0.3) is 5.91 Å². The second kappa shape index (κ2) is 9.66. The van der Waals surface area contributed by atoms with Crippen LogP contribution >= 0.6 is 0 Å². The summed E-state index contributed by atoms with van der Waals surface area (Å²) in [6.07, 6.45) is 6.25. The van der Waals surface area contributed by atoms with Crippen molar-refractivity contribution in [2.45, 2.75) is 26.4 Å². The van der Waals surface area contributed by atoms with Gasteiger partial charge in [0, 0.05) is 5.57 Å². The maximum Gasteiger partial charge on any atom is 0.289 e. The Bertz CT molecular complexity index is 1110. The fourth-order valence-electron chi connectivity index (χ4n) is 3.43. The number of allylic oxidation sites excluding steroid dienone is 1. The average molecular weight is 439 g/mol. The molecule has 8 heteroatoms. The van der Waals surface area contributed by atoms with E-state index in [1.165, 1.54) is 6.08 Å². The Balaban J connectivity index is 1.91. The molecule has 2 aromatic rings. The predicted octanol–water partition coefficient (Wildman–Crippen LogP) is 3.80. The van der Waals surface area contributed by atoms with Gasteiger partial charge in [-0.1, -0.05) is 24.8 Å². The molecule has 1 fully saturated rings. The standard InChI is InChI=1S/C24H27FN4O3/c1-6-18(8-7-11-25)14-28-15-24(3,4)32-22(23(28)30)13-19-9-10-20(21(12-19)31-5)29-16-26-17(2)27-29/h7-10,12-13,16H,1,11,14-15H2,2-5H3/b8-7-,22-13-. The lowest BCUT2D eigenvalue weighted by Crippen LogP contribution is -2.50. The Labute approximate surface area is 187 Å². The van der Waals surface area contributed by atoms with Crippen LogP contribution in [0, 0.1) is 6.92 Å². The molecule has 0 N–H and O–H groups in total. The lowest BCUT2D eigenvalue weighted by atomic mass is 10.0. The van der Waals surface area contributed by atoms with Crippen LogP contribution in [-0.2, 0) is 9.53 Å². The number of ether oxygens (including phenoxy) is 2. The second-order valence-corrected chi connectivity index (χ2v) is 7.96. The highest BCUT2D eigenvalue weighted by molar-refractivity contribution is 5.97. The summed E-state index contributed by atoms with van der Waals surface area (Å²) in [5.41, 5.74) is 4.26. The average Bonchev–Trinajstić information content (AvgIpc) is 3.19. The lowest BCUT2D eigenvalue weighted by molar-refractivity contribution is -0.144. The number of carbonyl (C=O) groups excluding carboxylic acids is 1. The quantitative estimate of drug-likeness (QED) is 0.374. The van der Waals surface area contributed by atoms with Gasteiger partial charge in [-0.2, -0.15) is 5.10 Å². The summed E-state index contributed by atoms with van der Waals surface area (Å²) in [4.78, 5) is 18.9. The zero-order valence-electron chi connectivity index (χ0n) is 18.8. The third-order valence-corrected chi connectivity index (χ3v) is 4.81. The van der Waals surface area contributed by atoms with Crippen LogP contribution < -0.4 is 4.74 Å². The van der Waals surface area contributed by atoms with E-state index in [0.29, 0.717) is 23.7 Å². The molecule has 0 aliphatic carbocycles. The second-order valence-electron chi connectivity index (χ2n) is 7.96. The number of nitrogens with zero attached hydrogens (tertiary/aromatic N) is 4. The van der Waals surface area contributed by atoms with E-state index in [1.54, 1.807) is 41.2 Å². The molecule has 0 radical (unpaired) electrons. The highest BCUT2D eigenvalue weighted by Gasteiger charge is 2.36. The Morgan fingerprint density at radius 3 is 2.84 bits per heavy atom. The molecule has 1 aliphatic heterocycles. The van der Waals surface area contributed by atoms with Crippen molar-refractivity contribution in [3.8, 4) is 11.4 Å². The molecule has 0 atom stereocenters. The number of aryl methyl sites for hydroxylation is 1. The Morgan fingerprint density at radius 1 is 1.44 bits per heavy atom. The molecular weight excluding hydrogens is 411 g/mol. The van der Waals surface area contributed by atoms with Crippen molar-refractivity contribution >= 4 is 12.0 Å². The Kier molecular flexibility index (Phi) is 6.95. The molecule has 1 aromatic heterocycles. The third-order valence-electron chi connectivity index (χ3n) is 4.81. The molecule has 168 valence electrons. The number of aromatic nitrogens is 3. The van der Waals surface area contributed by atoms with Crippen molar-refractivity contribution < 1.29 is 18.7 Å². The number of alkyl halides is 1. The molecule has 7 nitrogen and oxygen atoms in total. The number of benzene rings is 1. The van der Waals surface area contributed by atoms with E-state index in [1.807, 2.05) is 32.9 Å². The molecule has 1 aromatic carbocycles. The molecule has 32 heavy (non-hydrogen) atoms. The lowest BCUT2D eigenvalue weighted by Gasteiger charge is -2.39. The molecule has 3 rings (SSSR count). The molecule has 0 unspecified atom stereocenters. The topological polar surface area (TPSA) is 69.5 Å². The molecule has 0 bridgehead atoms. The number of amides is 1. The van der Waals surface area contributed by atoms with Gasteiger partial charge in [0.2, 0.25) is 0 Å². The van der Waals surface area contributed by atoms with Crippen molar-refractivity contribution in [3.63, 3.8) is 0 Å². The highest BCUT2D eigenvalue weighted by atomic mass is 19.1. The van der Waals surface area contributed by atoms with Gasteiger partial charge in [0.1, 0.15) is 35.9 Å².